The van der Waals surface area contributed by atoms with Gasteiger partial charge >= 0.3 is 0 Å². The van der Waals surface area contributed by atoms with E-state index in [2.05, 4.69) is 32.6 Å². The predicted octanol–water partition coefficient (Wildman–Crippen LogP) is 4.44. The van der Waals surface area contributed by atoms with E-state index in [0.717, 1.165) is 63.3 Å². The summed E-state index contributed by atoms with van der Waals surface area (Å²) in [5, 5.41) is 0.750. The molecule has 1 aromatic heterocycles. The van der Waals surface area contributed by atoms with Gasteiger partial charge in [0.25, 0.3) is 6.47 Å². The Morgan fingerprint density at radius 2 is 1.86 bits per heavy atom. The van der Waals surface area contributed by atoms with E-state index in [-0.39, 0.29) is 0 Å². The smallest absolute Gasteiger partial charge is 0.293 e. The molecule has 0 amide bonds. The fraction of sp³-hybridized carbons (Fsp3) is 0.778. The quantitative estimate of drug-likeness (QED) is 0.545. The Hall–Kier alpha value is -1.41. The molecule has 35 heavy (non-hydrogen) atoms. The average Bonchev–Trinajstić information content (AvgIpc) is 3.32. The average molecular weight is 509 g/mol. The van der Waals surface area contributed by atoms with Crippen LogP contribution in [0, 0.1) is 5.41 Å². The Morgan fingerprint density at radius 1 is 1.17 bits per heavy atom. The molecule has 5 rings (SSSR count). The molecular formula is C27H45ClN4O3. The first-order chi connectivity index (χ1) is 17.0. The van der Waals surface area contributed by atoms with E-state index in [4.69, 9.17) is 21.3 Å². The fourth-order valence-electron chi connectivity index (χ4n) is 6.25. The molecule has 4 aliphatic rings. The third kappa shape index (κ3) is 7.31. The molecule has 0 N–H and O–H groups in total. The van der Waals surface area contributed by atoms with Crippen LogP contribution in [0.5, 0.6) is 0 Å². The van der Waals surface area contributed by atoms with Gasteiger partial charge in [-0.2, -0.15) is 0 Å². The maximum absolute atomic E-state index is 9.18. The Kier molecular flexibility index (Phi) is 11.1. The van der Waals surface area contributed by atoms with Crippen molar-refractivity contribution >= 4 is 23.8 Å². The molecular weight excluding hydrogens is 464 g/mol. The highest BCUT2D eigenvalue weighted by molar-refractivity contribution is 6.30. The summed E-state index contributed by atoms with van der Waals surface area (Å²) in [7, 11) is 2.26. The molecule has 4 heterocycles. The topological polar surface area (TPSA) is 58.1 Å². The van der Waals surface area contributed by atoms with Crippen LogP contribution in [0.25, 0.3) is 0 Å². The van der Waals surface area contributed by atoms with Crippen molar-refractivity contribution in [3.05, 3.63) is 23.0 Å². The molecule has 7 nitrogen and oxygen atoms in total. The van der Waals surface area contributed by atoms with E-state index in [1.807, 2.05) is 20.0 Å². The maximum Gasteiger partial charge on any atom is 0.293 e. The fourth-order valence-corrected chi connectivity index (χ4v) is 6.40. The molecule has 8 heteroatoms. The molecule has 198 valence electrons. The number of anilines is 1. The van der Waals surface area contributed by atoms with Crippen LogP contribution in [0.1, 0.15) is 64.5 Å². The van der Waals surface area contributed by atoms with Crippen LogP contribution in [0.15, 0.2) is 12.3 Å². The van der Waals surface area contributed by atoms with Gasteiger partial charge in [-0.3, -0.25) is 14.7 Å². The summed E-state index contributed by atoms with van der Waals surface area (Å²) in [5.41, 5.74) is 3.14. The van der Waals surface area contributed by atoms with E-state index in [1.54, 1.807) is 6.92 Å². The Morgan fingerprint density at radius 3 is 2.43 bits per heavy atom. The standard InChI is InChI=1S/C22H33ClN4O.C3H6O2.C2H6/c1-25-15-22(16-25)5-2-19(13-22)26-6-8-27(9-7-26)20-12-18(23)14-24-21(20)17-3-10-28-11-4-17;1-2-5-3-4;1-2/h12,14,17,19H,2-11,13,15-16H2,1H3;3H,2H2,1H3;1-2H3. The zero-order valence-electron chi connectivity index (χ0n) is 22.2. The summed E-state index contributed by atoms with van der Waals surface area (Å²) >= 11 is 6.34. The Balaban J connectivity index is 0.000000438. The van der Waals surface area contributed by atoms with Crippen molar-refractivity contribution in [3.8, 4) is 0 Å². The number of piperazine rings is 1. The van der Waals surface area contributed by atoms with Gasteiger partial charge in [-0.05, 0) is 57.6 Å². The first-order valence-corrected chi connectivity index (χ1v) is 13.9. The van der Waals surface area contributed by atoms with Crippen LogP contribution in [-0.2, 0) is 14.3 Å². The summed E-state index contributed by atoms with van der Waals surface area (Å²) in [4.78, 5) is 21.7. The molecule has 1 saturated carbocycles. The molecule has 1 unspecified atom stereocenters. The van der Waals surface area contributed by atoms with Gasteiger partial charge in [0.15, 0.2) is 0 Å². The lowest BCUT2D eigenvalue weighted by molar-refractivity contribution is -0.128. The summed E-state index contributed by atoms with van der Waals surface area (Å²) in [5.74, 6) is 0.504. The number of hydrogen-bond donors (Lipinski definition) is 0. The van der Waals surface area contributed by atoms with Crippen LogP contribution in [0.4, 0.5) is 5.69 Å². The van der Waals surface area contributed by atoms with Crippen molar-refractivity contribution in [1.29, 1.82) is 0 Å². The first-order valence-electron chi connectivity index (χ1n) is 13.5. The lowest BCUT2D eigenvalue weighted by Crippen LogP contribution is -2.54. The Bertz CT molecular complexity index is 776. The van der Waals surface area contributed by atoms with Gasteiger partial charge < -0.3 is 19.3 Å². The number of ether oxygens (including phenoxy) is 2. The van der Waals surface area contributed by atoms with Crippen molar-refractivity contribution in [2.45, 2.75) is 64.8 Å². The SMILES string of the molecule is CC.CCOC=O.CN1CC2(CCC(N3CCN(c4cc(Cl)cnc4C4CCOCC4)CC3)C2)C1. The normalized spacial score (nSPS) is 24.6. The number of rotatable bonds is 5. The number of likely N-dealkylation sites (tertiary alicyclic amines) is 1. The molecule has 0 radical (unpaired) electrons. The molecule has 0 aromatic carbocycles. The number of carbonyl (C=O) groups is 1. The third-order valence-electron chi connectivity index (χ3n) is 7.77. The van der Waals surface area contributed by atoms with Crippen LogP contribution in [-0.4, -0.2) is 93.4 Å². The second kappa shape index (κ2) is 13.8. The molecule has 4 fully saturated rings. The molecule has 1 aromatic rings. The largest absolute Gasteiger partial charge is 0.468 e. The zero-order chi connectivity index (χ0) is 25.3. The van der Waals surface area contributed by atoms with Crippen molar-refractivity contribution in [2.75, 3.05) is 71.0 Å². The lowest BCUT2D eigenvalue weighted by Gasteiger charge is -2.47. The van der Waals surface area contributed by atoms with Crippen molar-refractivity contribution in [2.24, 2.45) is 5.41 Å². The van der Waals surface area contributed by atoms with E-state index in [0.29, 0.717) is 24.4 Å². The van der Waals surface area contributed by atoms with Gasteiger partial charge in [0.05, 0.1) is 23.0 Å². The van der Waals surface area contributed by atoms with Gasteiger partial charge in [-0.1, -0.05) is 25.4 Å². The van der Waals surface area contributed by atoms with Crippen LogP contribution in [0.3, 0.4) is 0 Å². The van der Waals surface area contributed by atoms with Crippen LogP contribution < -0.4 is 4.90 Å². The number of halogens is 1. The number of nitrogens with zero attached hydrogens (tertiary/aromatic N) is 4. The van der Waals surface area contributed by atoms with E-state index < -0.39 is 0 Å². The maximum atomic E-state index is 9.18. The summed E-state index contributed by atoms with van der Waals surface area (Å²) in [6.07, 6.45) is 8.18. The minimum absolute atomic E-state index is 0.431. The van der Waals surface area contributed by atoms with Gasteiger partial charge in [0.1, 0.15) is 0 Å². The molecule has 1 spiro atoms. The van der Waals surface area contributed by atoms with Gasteiger partial charge in [0, 0.05) is 70.6 Å². The van der Waals surface area contributed by atoms with E-state index in [1.165, 1.54) is 43.7 Å². The number of aromatic nitrogens is 1. The monoisotopic (exact) mass is 508 g/mol. The summed E-state index contributed by atoms with van der Waals surface area (Å²) in [6, 6.07) is 2.94. The third-order valence-corrected chi connectivity index (χ3v) is 7.97. The number of pyridine rings is 1. The van der Waals surface area contributed by atoms with E-state index in [9.17, 15) is 4.79 Å². The van der Waals surface area contributed by atoms with E-state index >= 15 is 0 Å². The van der Waals surface area contributed by atoms with Crippen LogP contribution in [0.2, 0.25) is 5.02 Å². The predicted molar refractivity (Wildman–Crippen MR) is 142 cm³/mol. The second-order valence-corrected chi connectivity index (χ2v) is 10.5. The first kappa shape index (κ1) is 28.2. The van der Waals surface area contributed by atoms with Gasteiger partial charge in [-0.15, -0.1) is 0 Å². The highest BCUT2D eigenvalue weighted by Crippen LogP contribution is 2.46. The molecule has 1 aliphatic carbocycles. The molecule has 3 aliphatic heterocycles. The second-order valence-electron chi connectivity index (χ2n) is 10.1. The molecule has 3 saturated heterocycles. The molecule has 0 bridgehead atoms. The Labute approximate surface area is 217 Å². The highest BCUT2D eigenvalue weighted by atomic mass is 35.5. The number of hydrogen-bond acceptors (Lipinski definition) is 7. The minimum atomic E-state index is 0.431. The molecule has 1 atom stereocenters. The van der Waals surface area contributed by atoms with Crippen LogP contribution >= 0.6 is 11.6 Å². The minimum Gasteiger partial charge on any atom is -0.468 e. The lowest BCUT2D eigenvalue weighted by atomic mass is 9.78. The summed E-state index contributed by atoms with van der Waals surface area (Å²) < 4.78 is 9.71. The van der Waals surface area contributed by atoms with Gasteiger partial charge in [0.2, 0.25) is 0 Å². The van der Waals surface area contributed by atoms with Crippen molar-refractivity contribution < 1.29 is 14.3 Å². The van der Waals surface area contributed by atoms with Crippen molar-refractivity contribution in [1.82, 2.24) is 14.8 Å². The van der Waals surface area contributed by atoms with Crippen molar-refractivity contribution in [3.63, 3.8) is 0 Å². The van der Waals surface area contributed by atoms with Gasteiger partial charge in [-0.25, -0.2) is 0 Å². The highest BCUT2D eigenvalue weighted by Gasteiger charge is 2.48. The number of carbonyl (C=O) groups excluding carboxylic acids is 1. The summed E-state index contributed by atoms with van der Waals surface area (Å²) in [6.45, 7) is 15.5. The zero-order valence-corrected chi connectivity index (χ0v) is 22.9.